The van der Waals surface area contributed by atoms with Gasteiger partial charge in [0.05, 0.1) is 17.5 Å². The molecule has 0 aromatic rings. The zero-order valence-corrected chi connectivity index (χ0v) is 14.7. The average Bonchev–Trinajstić information content (AvgIpc) is 3.03. The monoisotopic (exact) mass is 357 g/mol. The maximum atomic E-state index is 12.7. The van der Waals surface area contributed by atoms with E-state index in [-0.39, 0.29) is 29.3 Å². The maximum Gasteiger partial charge on any atom is 0.241 e. The van der Waals surface area contributed by atoms with E-state index >= 15 is 0 Å². The van der Waals surface area contributed by atoms with Gasteiger partial charge in [0.2, 0.25) is 11.8 Å². The minimum absolute atomic E-state index is 0.163. The van der Waals surface area contributed by atoms with E-state index in [1.54, 1.807) is 16.7 Å². The second-order valence-corrected chi connectivity index (χ2v) is 8.13. The van der Waals surface area contributed by atoms with Crippen molar-refractivity contribution in [1.82, 2.24) is 20.4 Å². The number of nitrogens with one attached hydrogen (secondary N) is 2. The number of nitrogens with zero attached hydrogens (tertiary/aromatic N) is 2. The highest BCUT2D eigenvalue weighted by Gasteiger charge is 2.46. The van der Waals surface area contributed by atoms with Gasteiger partial charge in [0.1, 0.15) is 6.04 Å². The number of hydrogen-bond acceptors (Lipinski definition) is 7. The fraction of sp³-hybridized carbons (Fsp3) is 0.867. The van der Waals surface area contributed by atoms with Gasteiger partial charge in [-0.2, -0.15) is 0 Å². The summed E-state index contributed by atoms with van der Waals surface area (Å²) in [5, 5.41) is 15.9. The first-order chi connectivity index (χ1) is 11.5. The molecule has 136 valence electrons. The van der Waals surface area contributed by atoms with E-state index < -0.39 is 6.04 Å². The molecule has 9 heteroatoms. The summed E-state index contributed by atoms with van der Waals surface area (Å²) >= 11 is 1.74. The lowest BCUT2D eigenvalue weighted by Crippen LogP contribution is -2.60. The molecule has 3 heterocycles. The Kier molecular flexibility index (Phi) is 5.66. The molecule has 8 nitrogen and oxygen atoms in total. The van der Waals surface area contributed by atoms with Gasteiger partial charge in [0.25, 0.3) is 0 Å². The molecule has 3 rings (SSSR count). The number of piperidine rings is 1. The van der Waals surface area contributed by atoms with Crippen molar-refractivity contribution >= 4 is 23.6 Å². The molecule has 3 atom stereocenters. The van der Waals surface area contributed by atoms with Gasteiger partial charge in [0, 0.05) is 45.0 Å². The van der Waals surface area contributed by atoms with Crippen molar-refractivity contribution in [3.05, 3.63) is 0 Å². The number of thioether (sulfide) groups is 1. The van der Waals surface area contributed by atoms with E-state index in [1.807, 2.05) is 4.90 Å². The van der Waals surface area contributed by atoms with E-state index in [2.05, 4.69) is 10.6 Å². The topological polar surface area (TPSA) is 111 Å². The van der Waals surface area contributed by atoms with Crippen LogP contribution in [0.3, 0.4) is 0 Å². The third-order valence-electron chi connectivity index (χ3n) is 4.97. The Bertz CT molecular complexity index is 488. The van der Waals surface area contributed by atoms with Crippen molar-refractivity contribution < 1.29 is 14.7 Å². The van der Waals surface area contributed by atoms with Crippen LogP contribution in [0.1, 0.15) is 12.8 Å². The first kappa shape index (κ1) is 17.9. The molecule has 1 spiro atoms. The zero-order chi connectivity index (χ0) is 17.2. The van der Waals surface area contributed by atoms with Crippen molar-refractivity contribution in [1.29, 1.82) is 0 Å². The lowest BCUT2D eigenvalue weighted by atomic mass is 10.0. The van der Waals surface area contributed by atoms with Gasteiger partial charge in [-0.25, -0.2) is 0 Å². The summed E-state index contributed by atoms with van der Waals surface area (Å²) in [6.45, 7) is 4.06. The van der Waals surface area contributed by atoms with E-state index in [4.69, 9.17) is 10.8 Å². The molecule has 3 fully saturated rings. The number of carbonyl (C=O) groups excluding carboxylic acids is 2. The van der Waals surface area contributed by atoms with E-state index in [0.29, 0.717) is 13.1 Å². The molecule has 0 bridgehead atoms. The van der Waals surface area contributed by atoms with E-state index in [0.717, 1.165) is 44.8 Å². The quantitative estimate of drug-likeness (QED) is 0.452. The van der Waals surface area contributed by atoms with Crippen molar-refractivity contribution in [3.63, 3.8) is 0 Å². The molecule has 1 unspecified atom stereocenters. The second kappa shape index (κ2) is 7.57. The van der Waals surface area contributed by atoms with Crippen molar-refractivity contribution in [2.75, 3.05) is 51.6 Å². The molecule has 0 aromatic carbocycles. The number of carbonyl (C=O) groups is 2. The number of aliphatic hydroxyl groups excluding tert-OH is 1. The largest absolute Gasteiger partial charge is 0.394 e. The first-order valence-electron chi connectivity index (χ1n) is 8.61. The third kappa shape index (κ3) is 3.70. The molecule has 2 amide bonds. The Morgan fingerprint density at radius 3 is 2.75 bits per heavy atom. The molecule has 5 N–H and O–H groups in total. The predicted molar refractivity (Wildman–Crippen MR) is 92.4 cm³/mol. The summed E-state index contributed by atoms with van der Waals surface area (Å²) in [5.74, 6) is 0.684. The van der Waals surface area contributed by atoms with Crippen molar-refractivity contribution in [2.45, 2.75) is 29.8 Å². The van der Waals surface area contributed by atoms with Gasteiger partial charge in [-0.15, -0.1) is 11.8 Å². The molecular formula is C15H27N5O3S. The van der Waals surface area contributed by atoms with Gasteiger partial charge in [0.15, 0.2) is 0 Å². The smallest absolute Gasteiger partial charge is 0.241 e. The molecule has 24 heavy (non-hydrogen) atoms. The predicted octanol–water partition coefficient (Wildman–Crippen LogP) is -2.24. The number of rotatable bonds is 3. The van der Waals surface area contributed by atoms with Crippen molar-refractivity contribution in [2.24, 2.45) is 5.73 Å². The highest BCUT2D eigenvalue weighted by atomic mass is 32.2. The van der Waals surface area contributed by atoms with E-state index in [1.165, 1.54) is 0 Å². The van der Waals surface area contributed by atoms with Crippen LogP contribution in [0.4, 0.5) is 0 Å². The summed E-state index contributed by atoms with van der Waals surface area (Å²) in [6.07, 6.45) is 1.81. The molecule has 0 aromatic heterocycles. The third-order valence-corrected chi connectivity index (χ3v) is 6.47. The molecule has 0 radical (unpaired) electrons. The van der Waals surface area contributed by atoms with Gasteiger partial charge < -0.3 is 26.0 Å². The number of hydrogen-bond donors (Lipinski definition) is 4. The minimum Gasteiger partial charge on any atom is -0.394 e. The summed E-state index contributed by atoms with van der Waals surface area (Å²) < 4.78 is 0. The van der Waals surface area contributed by atoms with Crippen LogP contribution < -0.4 is 16.4 Å². The fourth-order valence-corrected chi connectivity index (χ4v) is 5.11. The Morgan fingerprint density at radius 2 is 2.04 bits per heavy atom. The number of likely N-dealkylation sites (tertiary alicyclic amines) is 1. The van der Waals surface area contributed by atoms with Crippen molar-refractivity contribution in [3.8, 4) is 0 Å². The molecule has 3 saturated heterocycles. The van der Waals surface area contributed by atoms with Crippen LogP contribution in [0.15, 0.2) is 0 Å². The Balaban J connectivity index is 1.60. The Labute approximate surface area is 146 Å². The van der Waals surface area contributed by atoms with Crippen LogP contribution in [-0.2, 0) is 9.59 Å². The van der Waals surface area contributed by atoms with Crippen LogP contribution in [0.5, 0.6) is 0 Å². The fourth-order valence-electron chi connectivity index (χ4n) is 3.64. The summed E-state index contributed by atoms with van der Waals surface area (Å²) in [5.41, 5.74) is 5.67. The number of piperazine rings is 1. The standard InChI is InChI=1S/C15H27N5O3S/c16-11(8-21)13(22)20-5-1-2-15(10-20)18-12(9-24-15)14(23)19-6-3-17-4-7-19/h11-12,17-18,21H,1-10,16H2/t11-,12-,15?/m0/s1. The van der Waals surface area contributed by atoms with Crippen LogP contribution in [0.2, 0.25) is 0 Å². The lowest BCUT2D eigenvalue weighted by Gasteiger charge is -2.41. The van der Waals surface area contributed by atoms with Crippen LogP contribution in [0, 0.1) is 0 Å². The first-order valence-corrected chi connectivity index (χ1v) is 9.60. The lowest BCUT2D eigenvalue weighted by molar-refractivity contribution is -0.135. The summed E-state index contributed by atoms with van der Waals surface area (Å²) in [6, 6.07) is -1.04. The summed E-state index contributed by atoms with van der Waals surface area (Å²) in [7, 11) is 0. The SMILES string of the molecule is N[C@@H](CO)C(=O)N1CCCC2(C1)N[C@H](C(=O)N1CCNCC1)CS2. The molecule has 0 saturated carbocycles. The normalized spacial score (nSPS) is 32.2. The average molecular weight is 357 g/mol. The Hall–Kier alpha value is -0.870. The number of nitrogens with two attached hydrogens (primary N) is 1. The maximum absolute atomic E-state index is 12.7. The molecular weight excluding hydrogens is 330 g/mol. The molecule has 3 aliphatic rings. The number of amides is 2. The molecule has 0 aliphatic carbocycles. The summed E-state index contributed by atoms with van der Waals surface area (Å²) in [4.78, 5) is 28.3. The van der Waals surface area contributed by atoms with Gasteiger partial charge in [-0.05, 0) is 12.8 Å². The second-order valence-electron chi connectivity index (χ2n) is 6.73. The van der Waals surface area contributed by atoms with E-state index in [9.17, 15) is 9.59 Å². The van der Waals surface area contributed by atoms with Gasteiger partial charge >= 0.3 is 0 Å². The van der Waals surface area contributed by atoms with Crippen LogP contribution >= 0.6 is 11.8 Å². The van der Waals surface area contributed by atoms with Gasteiger partial charge in [-0.1, -0.05) is 0 Å². The highest BCUT2D eigenvalue weighted by molar-refractivity contribution is 8.01. The van der Waals surface area contributed by atoms with Crippen LogP contribution in [0.25, 0.3) is 0 Å². The zero-order valence-electron chi connectivity index (χ0n) is 13.9. The molecule has 3 aliphatic heterocycles. The Morgan fingerprint density at radius 1 is 1.29 bits per heavy atom. The van der Waals surface area contributed by atoms with Crippen LogP contribution in [-0.4, -0.2) is 95.3 Å². The van der Waals surface area contributed by atoms with Gasteiger partial charge in [-0.3, -0.25) is 14.9 Å². The minimum atomic E-state index is -0.857. The highest BCUT2D eigenvalue weighted by Crippen LogP contribution is 2.38. The number of aliphatic hydroxyl groups is 1.